The molecule has 1 atom stereocenters. The van der Waals surface area contributed by atoms with E-state index >= 15 is 0 Å². The molecule has 9 heteroatoms. The second-order valence-corrected chi connectivity index (χ2v) is 7.01. The number of carbonyl (C=O) groups is 2. The van der Waals surface area contributed by atoms with E-state index in [4.69, 9.17) is 46.4 Å². The molecule has 0 aliphatic rings. The number of nitrogens with one attached hydrogen (secondary N) is 1. The Bertz CT molecular complexity index is 777. The van der Waals surface area contributed by atoms with Crippen LogP contribution in [-0.4, -0.2) is 17.0 Å². The normalized spacial score (nSPS) is 12.0. The molecule has 0 radical (unpaired) electrons. The third kappa shape index (κ3) is 3.59. The van der Waals surface area contributed by atoms with Crippen LogP contribution in [0.5, 0.6) is 0 Å². The number of benzene rings is 1. The maximum absolute atomic E-state index is 12.5. The Labute approximate surface area is 155 Å². The number of carbonyl (C=O) groups excluding carboxylic acids is 1. The van der Waals surface area contributed by atoms with Crippen LogP contribution in [0.15, 0.2) is 17.5 Å². The average molecular weight is 413 g/mol. The highest BCUT2D eigenvalue weighted by Crippen LogP contribution is 2.41. The molecule has 1 unspecified atom stereocenters. The van der Waals surface area contributed by atoms with Crippen molar-refractivity contribution in [3.8, 4) is 0 Å². The van der Waals surface area contributed by atoms with Crippen molar-refractivity contribution in [2.24, 2.45) is 0 Å². The van der Waals surface area contributed by atoms with Gasteiger partial charge in [0, 0.05) is 4.88 Å². The minimum absolute atomic E-state index is 0.169. The second kappa shape index (κ2) is 7.28. The van der Waals surface area contributed by atoms with Gasteiger partial charge in [-0.15, -0.1) is 11.3 Å². The van der Waals surface area contributed by atoms with Crippen LogP contribution in [0.25, 0.3) is 0 Å². The van der Waals surface area contributed by atoms with E-state index in [1.807, 2.05) is 17.5 Å². The summed E-state index contributed by atoms with van der Waals surface area (Å²) < 4.78 is 0. The fourth-order valence-corrected chi connectivity index (χ4v) is 3.68. The summed E-state index contributed by atoms with van der Waals surface area (Å²) in [7, 11) is 0. The SMILES string of the molecule is CC(NC(=O)c1c(Cl)c(Cl)c(Cl)c(Cl)c1C(=O)O)c1cccs1. The third-order valence-corrected chi connectivity index (χ3v) is 5.88. The van der Waals surface area contributed by atoms with Crippen LogP contribution in [0.2, 0.25) is 20.1 Å². The minimum atomic E-state index is -1.43. The largest absolute Gasteiger partial charge is 0.478 e. The number of halogens is 4. The third-order valence-electron chi connectivity index (χ3n) is 3.03. The number of hydrogen-bond acceptors (Lipinski definition) is 3. The van der Waals surface area contributed by atoms with E-state index in [2.05, 4.69) is 5.32 Å². The zero-order chi connectivity index (χ0) is 17.3. The molecule has 0 aliphatic heterocycles. The molecule has 122 valence electrons. The zero-order valence-corrected chi connectivity index (χ0v) is 15.3. The first-order chi connectivity index (χ1) is 10.8. The summed E-state index contributed by atoms with van der Waals surface area (Å²) in [5, 5.41) is 12.9. The number of carboxylic acid groups (broad SMARTS) is 1. The molecular weight excluding hydrogens is 404 g/mol. The topological polar surface area (TPSA) is 66.4 Å². The highest BCUT2D eigenvalue weighted by atomic mass is 35.5. The van der Waals surface area contributed by atoms with Gasteiger partial charge in [0.25, 0.3) is 5.91 Å². The fraction of sp³-hybridized carbons (Fsp3) is 0.143. The predicted molar refractivity (Wildman–Crippen MR) is 93.6 cm³/mol. The van der Waals surface area contributed by atoms with Gasteiger partial charge in [-0.3, -0.25) is 4.79 Å². The molecule has 1 aromatic carbocycles. The van der Waals surface area contributed by atoms with E-state index in [0.29, 0.717) is 0 Å². The first-order valence-corrected chi connectivity index (χ1v) is 8.58. The maximum Gasteiger partial charge on any atom is 0.338 e. The molecule has 0 saturated heterocycles. The quantitative estimate of drug-likeness (QED) is 0.510. The Hall–Kier alpha value is -0.980. The second-order valence-electron chi connectivity index (χ2n) is 4.52. The van der Waals surface area contributed by atoms with E-state index in [9.17, 15) is 14.7 Å². The molecular formula is C14H9Cl4NO3S. The molecule has 1 aromatic heterocycles. The number of aromatic carboxylic acids is 1. The molecule has 2 rings (SSSR count). The standard InChI is InChI=1S/C14H9Cl4NO3S/c1-5(6-3-2-4-23-6)19-13(20)7-8(14(21)22)10(16)12(18)11(17)9(7)15/h2-5H,1H3,(H,19,20)(H,21,22). The Kier molecular flexibility index (Phi) is 5.81. The summed E-state index contributed by atoms with van der Waals surface area (Å²) in [4.78, 5) is 24.9. The summed E-state index contributed by atoms with van der Waals surface area (Å²) in [6.07, 6.45) is 0. The summed E-state index contributed by atoms with van der Waals surface area (Å²) in [5.41, 5.74) is -0.802. The highest BCUT2D eigenvalue weighted by molar-refractivity contribution is 7.10. The average Bonchev–Trinajstić information content (AvgIpc) is 3.02. The zero-order valence-electron chi connectivity index (χ0n) is 11.5. The summed E-state index contributed by atoms with van der Waals surface area (Å²) in [6.45, 7) is 1.76. The smallest absolute Gasteiger partial charge is 0.338 e. The van der Waals surface area contributed by atoms with E-state index < -0.39 is 17.4 Å². The van der Waals surface area contributed by atoms with Crippen molar-refractivity contribution < 1.29 is 14.7 Å². The monoisotopic (exact) mass is 411 g/mol. The van der Waals surface area contributed by atoms with Gasteiger partial charge in [0.2, 0.25) is 0 Å². The van der Waals surface area contributed by atoms with Crippen LogP contribution < -0.4 is 5.32 Å². The summed E-state index contributed by atoms with van der Waals surface area (Å²) >= 11 is 25.2. The lowest BCUT2D eigenvalue weighted by Gasteiger charge is -2.16. The van der Waals surface area contributed by atoms with E-state index in [1.165, 1.54) is 11.3 Å². The molecule has 2 N–H and O–H groups in total. The van der Waals surface area contributed by atoms with E-state index in [1.54, 1.807) is 6.92 Å². The Morgan fingerprint density at radius 1 is 1.09 bits per heavy atom. The van der Waals surface area contributed by atoms with Crippen molar-refractivity contribution in [2.75, 3.05) is 0 Å². The molecule has 0 saturated carbocycles. The number of carboxylic acids is 1. The minimum Gasteiger partial charge on any atom is -0.478 e. The van der Waals surface area contributed by atoms with Gasteiger partial charge in [0.1, 0.15) is 0 Å². The van der Waals surface area contributed by atoms with Gasteiger partial charge in [-0.05, 0) is 18.4 Å². The fourth-order valence-electron chi connectivity index (χ4n) is 1.92. The lowest BCUT2D eigenvalue weighted by molar-refractivity contribution is 0.0691. The van der Waals surface area contributed by atoms with Gasteiger partial charge in [0.05, 0.1) is 37.3 Å². The van der Waals surface area contributed by atoms with E-state index in [0.717, 1.165) is 4.88 Å². The van der Waals surface area contributed by atoms with Gasteiger partial charge in [-0.25, -0.2) is 4.79 Å². The first-order valence-electron chi connectivity index (χ1n) is 6.19. The van der Waals surface area contributed by atoms with Crippen LogP contribution in [0.4, 0.5) is 0 Å². The Morgan fingerprint density at radius 2 is 1.65 bits per heavy atom. The predicted octanol–water partition coefficient (Wildman–Crippen LogP) is 5.55. The van der Waals surface area contributed by atoms with Crippen LogP contribution in [0.1, 0.15) is 38.6 Å². The molecule has 0 aliphatic carbocycles. The lowest BCUT2D eigenvalue weighted by atomic mass is 10.1. The molecule has 1 amide bonds. The summed E-state index contributed by atoms with van der Waals surface area (Å²) in [5.74, 6) is -2.13. The van der Waals surface area contributed by atoms with Crippen molar-refractivity contribution in [3.63, 3.8) is 0 Å². The van der Waals surface area contributed by atoms with Crippen LogP contribution >= 0.6 is 57.7 Å². The Balaban J connectivity index is 2.49. The van der Waals surface area contributed by atoms with Crippen LogP contribution in [-0.2, 0) is 0 Å². The number of rotatable bonds is 4. The molecule has 2 aromatic rings. The molecule has 4 nitrogen and oxygen atoms in total. The lowest BCUT2D eigenvalue weighted by Crippen LogP contribution is -2.28. The van der Waals surface area contributed by atoms with Crippen molar-refractivity contribution in [3.05, 3.63) is 53.6 Å². The van der Waals surface area contributed by atoms with Gasteiger partial charge in [-0.1, -0.05) is 52.5 Å². The van der Waals surface area contributed by atoms with E-state index in [-0.39, 0.29) is 31.7 Å². The number of amides is 1. The maximum atomic E-state index is 12.5. The van der Waals surface area contributed by atoms with Gasteiger partial charge in [0.15, 0.2) is 0 Å². The highest BCUT2D eigenvalue weighted by Gasteiger charge is 2.29. The van der Waals surface area contributed by atoms with Crippen LogP contribution in [0.3, 0.4) is 0 Å². The molecule has 0 bridgehead atoms. The summed E-state index contributed by atoms with van der Waals surface area (Å²) in [6, 6.07) is 3.35. The number of hydrogen-bond donors (Lipinski definition) is 2. The molecule has 0 spiro atoms. The Morgan fingerprint density at radius 3 is 2.13 bits per heavy atom. The van der Waals surface area contributed by atoms with Gasteiger partial charge >= 0.3 is 5.97 Å². The van der Waals surface area contributed by atoms with Crippen molar-refractivity contribution >= 4 is 69.6 Å². The molecule has 0 fully saturated rings. The van der Waals surface area contributed by atoms with Crippen molar-refractivity contribution in [1.29, 1.82) is 0 Å². The van der Waals surface area contributed by atoms with Crippen molar-refractivity contribution in [2.45, 2.75) is 13.0 Å². The first kappa shape index (κ1) is 18.4. The molecule has 1 heterocycles. The van der Waals surface area contributed by atoms with Crippen LogP contribution in [0, 0.1) is 0 Å². The van der Waals surface area contributed by atoms with Gasteiger partial charge in [-0.2, -0.15) is 0 Å². The van der Waals surface area contributed by atoms with Crippen molar-refractivity contribution in [1.82, 2.24) is 5.32 Å². The van der Waals surface area contributed by atoms with Gasteiger partial charge < -0.3 is 10.4 Å². The molecule has 23 heavy (non-hydrogen) atoms. The number of thiophene rings is 1.